The van der Waals surface area contributed by atoms with Crippen LogP contribution >= 0.6 is 11.8 Å². The lowest BCUT2D eigenvalue weighted by atomic mass is 9.98. The maximum Gasteiger partial charge on any atom is 0.416 e. The van der Waals surface area contributed by atoms with Gasteiger partial charge in [-0.05, 0) is 42.8 Å². The molecule has 4 nitrogen and oxygen atoms in total. The summed E-state index contributed by atoms with van der Waals surface area (Å²) in [7, 11) is 0. The van der Waals surface area contributed by atoms with E-state index in [4.69, 9.17) is 0 Å². The minimum absolute atomic E-state index is 0.00556. The number of anilines is 1. The van der Waals surface area contributed by atoms with E-state index in [1.807, 2.05) is 0 Å². The molecule has 1 atom stereocenters. The Hall–Kier alpha value is -2.81. The van der Waals surface area contributed by atoms with Crippen LogP contribution in [0.4, 0.5) is 23.4 Å². The van der Waals surface area contributed by atoms with Crippen molar-refractivity contribution in [3.05, 3.63) is 76.7 Å². The summed E-state index contributed by atoms with van der Waals surface area (Å²) < 4.78 is 55.6. The molecule has 0 radical (unpaired) electrons. The maximum atomic E-state index is 13.6. The van der Waals surface area contributed by atoms with Gasteiger partial charge in [-0.1, -0.05) is 18.2 Å². The number of benzene rings is 2. The Labute approximate surface area is 167 Å². The van der Waals surface area contributed by atoms with E-state index in [-0.39, 0.29) is 17.2 Å². The molecule has 1 amide bonds. The van der Waals surface area contributed by atoms with Gasteiger partial charge in [-0.25, -0.2) is 9.07 Å². The second-order valence-corrected chi connectivity index (χ2v) is 7.65. The average Bonchev–Trinajstić information content (AvgIpc) is 2.88. The van der Waals surface area contributed by atoms with E-state index in [1.54, 1.807) is 13.0 Å². The van der Waals surface area contributed by atoms with Crippen LogP contribution in [0, 0.1) is 12.7 Å². The molecular formula is C20H15F4N3OS. The zero-order chi connectivity index (χ0) is 20.8. The lowest BCUT2D eigenvalue weighted by Gasteiger charge is -2.20. The van der Waals surface area contributed by atoms with E-state index < -0.39 is 22.8 Å². The average molecular weight is 421 g/mol. The summed E-state index contributed by atoms with van der Waals surface area (Å²) in [6, 6.07) is 10.8. The largest absolute Gasteiger partial charge is 0.416 e. The molecule has 2 aromatic carbocycles. The standard InChI is InChI=1S/C20H15F4N3OS/c1-11-17-18(14-4-2-3-5-15(14)20(22,23)24)29-10-16(28)25-19(17)27(26-11)13-8-6-12(21)7-9-13/h2-9,18H,10H2,1H3,(H,25,28). The predicted molar refractivity (Wildman–Crippen MR) is 103 cm³/mol. The first-order chi connectivity index (χ1) is 13.8. The highest BCUT2D eigenvalue weighted by molar-refractivity contribution is 8.00. The van der Waals surface area contributed by atoms with E-state index in [9.17, 15) is 22.4 Å². The van der Waals surface area contributed by atoms with Crippen LogP contribution in [-0.4, -0.2) is 21.4 Å². The first kappa shape index (κ1) is 19.5. The lowest BCUT2D eigenvalue weighted by Crippen LogP contribution is -2.15. The van der Waals surface area contributed by atoms with E-state index in [0.717, 1.165) is 17.8 Å². The van der Waals surface area contributed by atoms with Gasteiger partial charge in [0.25, 0.3) is 0 Å². The van der Waals surface area contributed by atoms with Crippen LogP contribution in [0.1, 0.15) is 27.6 Å². The summed E-state index contributed by atoms with van der Waals surface area (Å²) in [5.41, 5.74) is 0.810. The van der Waals surface area contributed by atoms with Crippen LogP contribution in [0.25, 0.3) is 5.69 Å². The third kappa shape index (κ3) is 3.62. The Morgan fingerprint density at radius 3 is 2.52 bits per heavy atom. The van der Waals surface area contributed by atoms with Crippen LogP contribution in [0.3, 0.4) is 0 Å². The highest BCUT2D eigenvalue weighted by atomic mass is 32.2. The van der Waals surface area contributed by atoms with Crippen molar-refractivity contribution in [3.8, 4) is 5.69 Å². The molecule has 9 heteroatoms. The van der Waals surface area contributed by atoms with Gasteiger partial charge < -0.3 is 5.32 Å². The quantitative estimate of drug-likeness (QED) is 0.585. The number of fused-ring (bicyclic) bond motifs is 1. The van der Waals surface area contributed by atoms with Crippen molar-refractivity contribution >= 4 is 23.5 Å². The smallest absolute Gasteiger partial charge is 0.310 e. The van der Waals surface area contributed by atoms with Crippen molar-refractivity contribution in [3.63, 3.8) is 0 Å². The minimum atomic E-state index is -4.53. The highest BCUT2D eigenvalue weighted by Gasteiger charge is 2.38. The lowest BCUT2D eigenvalue weighted by molar-refractivity contribution is -0.138. The molecule has 150 valence electrons. The molecule has 29 heavy (non-hydrogen) atoms. The molecule has 0 saturated carbocycles. The molecule has 0 saturated heterocycles. The zero-order valence-electron chi connectivity index (χ0n) is 15.1. The summed E-state index contributed by atoms with van der Waals surface area (Å²) in [4.78, 5) is 12.3. The fraction of sp³-hybridized carbons (Fsp3) is 0.200. The number of amides is 1. The molecule has 0 bridgehead atoms. The zero-order valence-corrected chi connectivity index (χ0v) is 15.9. The van der Waals surface area contributed by atoms with Gasteiger partial charge in [0.15, 0.2) is 0 Å². The number of carbonyl (C=O) groups excluding carboxylic acids is 1. The van der Waals surface area contributed by atoms with Crippen molar-refractivity contribution < 1.29 is 22.4 Å². The van der Waals surface area contributed by atoms with Crippen LogP contribution in [-0.2, 0) is 11.0 Å². The molecule has 2 heterocycles. The van der Waals surface area contributed by atoms with Gasteiger partial charge in [0, 0.05) is 5.56 Å². The summed E-state index contributed by atoms with van der Waals surface area (Å²) in [5.74, 6) is -0.480. The van der Waals surface area contributed by atoms with Crippen molar-refractivity contribution in [2.45, 2.75) is 18.3 Å². The van der Waals surface area contributed by atoms with Gasteiger partial charge in [0.05, 0.1) is 27.9 Å². The molecule has 1 N–H and O–H groups in total. The van der Waals surface area contributed by atoms with Gasteiger partial charge in [-0.2, -0.15) is 18.3 Å². The number of aromatic nitrogens is 2. The molecule has 1 aliphatic heterocycles. The summed E-state index contributed by atoms with van der Waals surface area (Å²) in [6.07, 6.45) is -4.53. The van der Waals surface area contributed by atoms with Gasteiger partial charge in [0.1, 0.15) is 11.6 Å². The number of nitrogens with zero attached hydrogens (tertiary/aromatic N) is 2. The number of thioether (sulfide) groups is 1. The van der Waals surface area contributed by atoms with Crippen LogP contribution in [0.2, 0.25) is 0 Å². The number of nitrogens with one attached hydrogen (secondary N) is 1. The predicted octanol–water partition coefficient (Wildman–Crippen LogP) is 5.11. The van der Waals surface area contributed by atoms with Crippen molar-refractivity contribution in [2.24, 2.45) is 0 Å². The van der Waals surface area contributed by atoms with Crippen LogP contribution < -0.4 is 5.32 Å². The first-order valence-electron chi connectivity index (χ1n) is 8.68. The molecule has 1 aromatic heterocycles. The Bertz CT molecular complexity index is 1080. The minimum Gasteiger partial charge on any atom is -0.310 e. The third-order valence-electron chi connectivity index (χ3n) is 4.63. The van der Waals surface area contributed by atoms with Crippen molar-refractivity contribution in [1.29, 1.82) is 0 Å². The molecule has 1 unspecified atom stereocenters. The van der Waals surface area contributed by atoms with Crippen molar-refractivity contribution in [1.82, 2.24) is 9.78 Å². The Morgan fingerprint density at radius 1 is 1.14 bits per heavy atom. The second-order valence-electron chi connectivity index (χ2n) is 6.56. The fourth-order valence-electron chi connectivity index (χ4n) is 3.38. The Morgan fingerprint density at radius 2 is 1.83 bits per heavy atom. The molecule has 0 fully saturated rings. The van der Waals surface area contributed by atoms with E-state index in [2.05, 4.69) is 10.4 Å². The molecule has 0 spiro atoms. The number of alkyl halides is 3. The van der Waals surface area contributed by atoms with E-state index >= 15 is 0 Å². The number of halogens is 4. The van der Waals surface area contributed by atoms with Crippen LogP contribution in [0.15, 0.2) is 48.5 Å². The summed E-state index contributed by atoms with van der Waals surface area (Å²) >= 11 is 1.12. The number of hydrogen-bond acceptors (Lipinski definition) is 3. The number of hydrogen-bond donors (Lipinski definition) is 1. The van der Waals surface area contributed by atoms with Crippen molar-refractivity contribution in [2.75, 3.05) is 11.1 Å². The SMILES string of the molecule is Cc1nn(-c2ccc(F)cc2)c2c1C(c1ccccc1C(F)(F)F)SCC(=O)N2. The second kappa shape index (κ2) is 7.22. The molecule has 4 rings (SSSR count). The van der Waals surface area contributed by atoms with Gasteiger partial charge >= 0.3 is 6.18 Å². The molecular weight excluding hydrogens is 406 g/mol. The summed E-state index contributed by atoms with van der Waals surface area (Å²) in [5, 5.41) is 6.43. The number of carbonyl (C=O) groups is 1. The molecule has 1 aliphatic rings. The normalized spacial score (nSPS) is 16.9. The topological polar surface area (TPSA) is 46.9 Å². The molecule has 3 aromatic rings. The Balaban J connectivity index is 1.92. The van der Waals surface area contributed by atoms with Crippen LogP contribution in [0.5, 0.6) is 0 Å². The Kier molecular flexibility index (Phi) is 4.85. The van der Waals surface area contributed by atoms with E-state index in [1.165, 1.54) is 41.1 Å². The summed E-state index contributed by atoms with van der Waals surface area (Å²) in [6.45, 7) is 1.68. The van der Waals surface area contributed by atoms with Gasteiger partial charge in [-0.15, -0.1) is 11.8 Å². The number of rotatable bonds is 2. The molecule has 0 aliphatic carbocycles. The van der Waals surface area contributed by atoms with E-state index in [0.29, 0.717) is 22.8 Å². The first-order valence-corrected chi connectivity index (χ1v) is 9.73. The highest BCUT2D eigenvalue weighted by Crippen LogP contribution is 2.47. The van der Waals surface area contributed by atoms with Gasteiger partial charge in [-0.3, -0.25) is 4.79 Å². The maximum absolute atomic E-state index is 13.6. The fourth-order valence-corrected chi connectivity index (χ4v) is 4.61. The monoisotopic (exact) mass is 421 g/mol. The van der Waals surface area contributed by atoms with Gasteiger partial charge in [0.2, 0.25) is 5.91 Å². The number of aryl methyl sites for hydroxylation is 1. The third-order valence-corrected chi connectivity index (χ3v) is 5.88.